The van der Waals surface area contributed by atoms with Crippen LogP contribution in [0, 0.1) is 0 Å². The second kappa shape index (κ2) is 6.09. The molecule has 2 aliphatic rings. The van der Waals surface area contributed by atoms with Crippen molar-refractivity contribution >= 4 is 17.4 Å². The van der Waals surface area contributed by atoms with Crippen molar-refractivity contribution in [1.82, 2.24) is 14.9 Å². The predicted molar refractivity (Wildman–Crippen MR) is 87.0 cm³/mol. The number of nitrogens with zero attached hydrogens (tertiary/aromatic N) is 3. The fraction of sp³-hybridized carbons (Fsp3) is 0.750. The molecule has 0 aromatic carbocycles. The zero-order valence-electron chi connectivity index (χ0n) is 13.1. The average molecular weight is 309 g/mol. The van der Waals surface area contributed by atoms with Crippen LogP contribution in [0.2, 0.25) is 5.15 Å². The molecule has 2 aliphatic heterocycles. The maximum Gasteiger partial charge on any atom is 0.138 e. The quantitative estimate of drug-likeness (QED) is 0.865. The summed E-state index contributed by atoms with van der Waals surface area (Å²) in [5.74, 6) is 1.25. The van der Waals surface area contributed by atoms with E-state index in [0.29, 0.717) is 17.1 Å². The highest BCUT2D eigenvalue weighted by atomic mass is 35.5. The summed E-state index contributed by atoms with van der Waals surface area (Å²) >= 11 is 6.26. The first kappa shape index (κ1) is 15.0. The maximum absolute atomic E-state index is 6.26. The Morgan fingerprint density at radius 2 is 1.90 bits per heavy atom. The van der Waals surface area contributed by atoms with Crippen LogP contribution in [0.15, 0.2) is 6.33 Å². The van der Waals surface area contributed by atoms with Gasteiger partial charge in [0.05, 0.1) is 0 Å². The van der Waals surface area contributed by atoms with Gasteiger partial charge in [0.25, 0.3) is 0 Å². The lowest BCUT2D eigenvalue weighted by atomic mass is 9.82. The largest absolute Gasteiger partial charge is 0.367 e. The summed E-state index contributed by atoms with van der Waals surface area (Å²) in [6, 6.07) is 1.93. The van der Waals surface area contributed by atoms with Crippen molar-refractivity contribution < 1.29 is 0 Å². The molecule has 1 aromatic heterocycles. The number of hydrogen-bond donors (Lipinski definition) is 1. The highest BCUT2D eigenvalue weighted by Gasteiger charge is 2.36. The van der Waals surface area contributed by atoms with Gasteiger partial charge in [0.2, 0.25) is 0 Å². The first-order chi connectivity index (χ1) is 10.1. The van der Waals surface area contributed by atoms with E-state index in [1.807, 2.05) is 0 Å². The lowest BCUT2D eigenvalue weighted by molar-refractivity contribution is 0.0607. The van der Waals surface area contributed by atoms with Crippen molar-refractivity contribution in [3.05, 3.63) is 17.0 Å². The Labute approximate surface area is 132 Å². The molecule has 3 rings (SSSR count). The zero-order valence-corrected chi connectivity index (χ0v) is 13.9. The Hall–Kier alpha value is -0.870. The van der Waals surface area contributed by atoms with Gasteiger partial charge in [-0.2, -0.15) is 0 Å². The van der Waals surface area contributed by atoms with Gasteiger partial charge in [0.15, 0.2) is 0 Å². The molecule has 2 unspecified atom stereocenters. The van der Waals surface area contributed by atoms with Crippen LogP contribution >= 0.6 is 11.6 Å². The van der Waals surface area contributed by atoms with Crippen molar-refractivity contribution in [1.29, 1.82) is 0 Å². The van der Waals surface area contributed by atoms with Gasteiger partial charge in [-0.1, -0.05) is 31.9 Å². The van der Waals surface area contributed by atoms with E-state index in [1.54, 1.807) is 6.33 Å². The van der Waals surface area contributed by atoms with E-state index < -0.39 is 0 Å². The van der Waals surface area contributed by atoms with Gasteiger partial charge < -0.3 is 10.2 Å². The zero-order chi connectivity index (χ0) is 15.0. The summed E-state index contributed by atoms with van der Waals surface area (Å²) in [5, 5.41) is 4.24. The fourth-order valence-electron chi connectivity index (χ4n) is 3.93. The number of rotatable bonds is 3. The third-order valence-corrected chi connectivity index (χ3v) is 5.39. The molecule has 3 heterocycles. The molecule has 1 N–H and O–H groups in total. The van der Waals surface area contributed by atoms with Crippen LogP contribution in [0.3, 0.4) is 0 Å². The minimum atomic E-state index is 0.326. The lowest BCUT2D eigenvalue weighted by Crippen LogP contribution is -2.52. The van der Waals surface area contributed by atoms with Crippen molar-refractivity contribution in [3.63, 3.8) is 0 Å². The molecule has 0 spiro atoms. The number of anilines is 1. The minimum Gasteiger partial charge on any atom is -0.367 e. The molecule has 2 fully saturated rings. The van der Waals surface area contributed by atoms with E-state index >= 15 is 0 Å². The minimum absolute atomic E-state index is 0.326. The van der Waals surface area contributed by atoms with Gasteiger partial charge in [-0.15, -0.1) is 0 Å². The van der Waals surface area contributed by atoms with E-state index in [9.17, 15) is 0 Å². The van der Waals surface area contributed by atoms with Gasteiger partial charge in [-0.3, -0.25) is 0 Å². The molecule has 116 valence electrons. The number of hydrogen-bond acceptors (Lipinski definition) is 4. The predicted octanol–water partition coefficient (Wildman–Crippen LogP) is 3.68. The first-order valence-corrected chi connectivity index (χ1v) is 8.43. The summed E-state index contributed by atoms with van der Waals surface area (Å²) < 4.78 is 0. The number of piperidine rings is 2. The summed E-state index contributed by atoms with van der Waals surface area (Å²) in [6.45, 7) is 4.28. The second-order valence-electron chi connectivity index (χ2n) is 6.80. The van der Waals surface area contributed by atoms with E-state index in [2.05, 4.69) is 41.1 Å². The van der Waals surface area contributed by atoms with E-state index in [4.69, 9.17) is 11.6 Å². The number of nitrogens with one attached hydrogen (secondary N) is 1. The number of aromatic nitrogens is 2. The number of fused-ring (bicyclic) bond motifs is 2. The molecule has 0 amide bonds. The van der Waals surface area contributed by atoms with Crippen molar-refractivity contribution in [2.45, 2.75) is 70.0 Å². The summed E-state index contributed by atoms with van der Waals surface area (Å²) in [4.78, 5) is 11.2. The Morgan fingerprint density at radius 3 is 2.52 bits per heavy atom. The highest BCUT2D eigenvalue weighted by molar-refractivity contribution is 6.30. The van der Waals surface area contributed by atoms with Crippen LogP contribution in [0.5, 0.6) is 0 Å². The van der Waals surface area contributed by atoms with Crippen LogP contribution in [-0.4, -0.2) is 40.0 Å². The Morgan fingerprint density at radius 1 is 1.24 bits per heavy atom. The molecule has 2 atom stereocenters. The standard InChI is InChI=1S/C16H25ClN4/c1-10(2)14-15(17)18-9-19-16(14)20-11-7-12-5-4-6-13(8-11)21(12)3/h9-13H,4-8H2,1-3H3,(H,18,19,20). The smallest absolute Gasteiger partial charge is 0.138 e. The molecular formula is C16H25ClN4. The molecule has 0 saturated carbocycles. The lowest BCUT2D eigenvalue weighted by Gasteiger charge is -2.47. The van der Waals surface area contributed by atoms with Gasteiger partial charge in [-0.25, -0.2) is 9.97 Å². The van der Waals surface area contributed by atoms with E-state index in [1.165, 1.54) is 32.1 Å². The van der Waals surface area contributed by atoms with Gasteiger partial charge in [0, 0.05) is 23.7 Å². The summed E-state index contributed by atoms with van der Waals surface area (Å²) in [6.07, 6.45) is 7.99. The molecule has 2 saturated heterocycles. The van der Waals surface area contributed by atoms with Crippen LogP contribution < -0.4 is 5.32 Å². The highest BCUT2D eigenvalue weighted by Crippen LogP contribution is 2.35. The normalized spacial score (nSPS) is 29.7. The topological polar surface area (TPSA) is 41.1 Å². The maximum atomic E-state index is 6.26. The van der Waals surface area contributed by atoms with Gasteiger partial charge >= 0.3 is 0 Å². The Balaban J connectivity index is 1.77. The molecule has 2 bridgehead atoms. The van der Waals surface area contributed by atoms with Crippen molar-refractivity contribution in [3.8, 4) is 0 Å². The average Bonchev–Trinajstić information content (AvgIpc) is 2.39. The molecule has 5 heteroatoms. The first-order valence-electron chi connectivity index (χ1n) is 8.05. The Kier molecular flexibility index (Phi) is 4.36. The molecule has 4 nitrogen and oxygen atoms in total. The van der Waals surface area contributed by atoms with Crippen LogP contribution in [0.25, 0.3) is 0 Å². The van der Waals surface area contributed by atoms with Crippen LogP contribution in [-0.2, 0) is 0 Å². The third kappa shape index (κ3) is 3.02. The van der Waals surface area contributed by atoms with Crippen LogP contribution in [0.4, 0.5) is 5.82 Å². The van der Waals surface area contributed by atoms with Gasteiger partial charge in [-0.05, 0) is 38.6 Å². The van der Waals surface area contributed by atoms with E-state index in [0.717, 1.165) is 23.5 Å². The number of halogens is 1. The van der Waals surface area contributed by atoms with Crippen LogP contribution in [0.1, 0.15) is 57.4 Å². The third-order valence-electron chi connectivity index (χ3n) is 5.09. The summed E-state index contributed by atoms with van der Waals surface area (Å²) in [7, 11) is 2.28. The van der Waals surface area contributed by atoms with Gasteiger partial charge in [0.1, 0.15) is 17.3 Å². The molecule has 21 heavy (non-hydrogen) atoms. The molecule has 0 radical (unpaired) electrons. The SMILES string of the molecule is CC(C)c1c(Cl)ncnc1NC1CC2CCCC(C1)N2C. The van der Waals surface area contributed by atoms with Crippen molar-refractivity contribution in [2.24, 2.45) is 0 Å². The molecular weight excluding hydrogens is 284 g/mol. The molecule has 1 aromatic rings. The monoisotopic (exact) mass is 308 g/mol. The Bertz CT molecular complexity index is 491. The van der Waals surface area contributed by atoms with E-state index in [-0.39, 0.29) is 0 Å². The fourth-order valence-corrected chi connectivity index (χ4v) is 4.28. The van der Waals surface area contributed by atoms with Crippen molar-refractivity contribution in [2.75, 3.05) is 12.4 Å². The summed E-state index contributed by atoms with van der Waals surface area (Å²) in [5.41, 5.74) is 1.04. The molecule has 0 aliphatic carbocycles. The second-order valence-corrected chi connectivity index (χ2v) is 7.16.